The molecular formula is C28H24N2O5. The number of carboxylic acid groups (broad SMARTS) is 1. The minimum absolute atomic E-state index is 0.125. The highest BCUT2D eigenvalue weighted by Crippen LogP contribution is 2.48. The average molecular weight is 469 g/mol. The molecule has 35 heavy (non-hydrogen) atoms. The van der Waals surface area contributed by atoms with Crippen LogP contribution in [0.1, 0.15) is 56.1 Å². The van der Waals surface area contributed by atoms with Crippen molar-refractivity contribution in [3.05, 3.63) is 105 Å². The highest BCUT2D eigenvalue weighted by atomic mass is 16.5. The Balaban J connectivity index is 1.74. The highest BCUT2D eigenvalue weighted by molar-refractivity contribution is 6.23. The lowest BCUT2D eigenvalue weighted by Crippen LogP contribution is -2.29. The number of dihydropyridines is 1. The van der Waals surface area contributed by atoms with Gasteiger partial charge in [0.2, 0.25) is 0 Å². The number of nitrogens with zero attached hydrogens (tertiary/aromatic N) is 1. The van der Waals surface area contributed by atoms with Gasteiger partial charge < -0.3 is 19.7 Å². The Morgan fingerprint density at radius 1 is 1.00 bits per heavy atom. The van der Waals surface area contributed by atoms with Gasteiger partial charge in [0.25, 0.3) is 0 Å². The first-order valence-electron chi connectivity index (χ1n) is 11.2. The molecule has 2 heterocycles. The average Bonchev–Trinajstić information content (AvgIpc) is 3.30. The predicted octanol–water partition coefficient (Wildman–Crippen LogP) is 4.53. The number of rotatable bonds is 4. The van der Waals surface area contributed by atoms with Crippen molar-refractivity contribution < 1.29 is 24.2 Å². The summed E-state index contributed by atoms with van der Waals surface area (Å²) in [6.45, 7) is 5.64. The summed E-state index contributed by atoms with van der Waals surface area (Å²) >= 11 is 0. The molecule has 2 aromatic carbocycles. The summed E-state index contributed by atoms with van der Waals surface area (Å²) in [5, 5.41) is 12.7. The lowest BCUT2D eigenvalue weighted by molar-refractivity contribution is -0.136. The number of nitrogens with one attached hydrogen (secondary N) is 1. The molecule has 0 fully saturated rings. The van der Waals surface area contributed by atoms with E-state index in [9.17, 15) is 19.5 Å². The Morgan fingerprint density at radius 2 is 1.71 bits per heavy atom. The SMILES string of the molecule is COC(=O)C1=C(C)NC2=C(C(=O)c3ccccc32)[C@H]1c1cc(C)n(-c2cccc(C(=O)O)c2)c1C. The van der Waals surface area contributed by atoms with Crippen molar-refractivity contribution in [1.82, 2.24) is 9.88 Å². The third-order valence-electron chi connectivity index (χ3n) is 6.79. The summed E-state index contributed by atoms with van der Waals surface area (Å²) < 4.78 is 7.08. The number of aromatic carboxylic acids is 1. The first-order valence-corrected chi connectivity index (χ1v) is 11.2. The van der Waals surface area contributed by atoms with Crippen LogP contribution < -0.4 is 5.32 Å². The molecule has 1 atom stereocenters. The fourth-order valence-corrected chi connectivity index (χ4v) is 5.28. The second kappa shape index (κ2) is 8.13. The number of hydrogen-bond acceptors (Lipinski definition) is 5. The number of ether oxygens (including phenoxy) is 1. The van der Waals surface area contributed by atoms with Gasteiger partial charge in [-0.05, 0) is 50.6 Å². The fraction of sp³-hybridized carbons (Fsp3) is 0.179. The molecule has 3 aromatic rings. The van der Waals surface area contributed by atoms with E-state index in [1.165, 1.54) is 7.11 Å². The third kappa shape index (κ3) is 3.31. The van der Waals surface area contributed by atoms with E-state index in [0.717, 1.165) is 22.5 Å². The molecule has 0 spiro atoms. The van der Waals surface area contributed by atoms with E-state index in [1.54, 1.807) is 24.3 Å². The highest BCUT2D eigenvalue weighted by Gasteiger charge is 2.43. The Morgan fingerprint density at radius 3 is 2.40 bits per heavy atom. The topological polar surface area (TPSA) is 97.6 Å². The van der Waals surface area contributed by atoms with Gasteiger partial charge in [0, 0.05) is 39.5 Å². The van der Waals surface area contributed by atoms with Crippen LogP contribution in [0.5, 0.6) is 0 Å². The standard InChI is InChI=1S/C28H24N2O5/c1-14-12-21(16(3)30(14)18-9-7-8-17(13-18)27(32)33)23-22(28(34)35-4)15(2)29-25-19-10-5-6-11-20(19)26(31)24(23)25/h5-13,23,29H,1-4H3,(H,32,33)/t23-/m0/s1. The number of allylic oxidation sites excluding steroid dienone is 2. The summed E-state index contributed by atoms with van der Waals surface area (Å²) in [7, 11) is 1.33. The normalized spacial score (nSPS) is 16.7. The van der Waals surface area contributed by atoms with E-state index >= 15 is 0 Å². The molecule has 0 bridgehead atoms. The molecule has 2 N–H and O–H groups in total. The van der Waals surface area contributed by atoms with Crippen LogP contribution in [0.15, 0.2) is 71.4 Å². The van der Waals surface area contributed by atoms with Gasteiger partial charge in [0.1, 0.15) is 0 Å². The largest absolute Gasteiger partial charge is 0.478 e. The Labute approximate surface area is 202 Å². The summed E-state index contributed by atoms with van der Waals surface area (Å²) in [5.74, 6) is -2.28. The molecule has 0 saturated heterocycles. The molecule has 0 amide bonds. The predicted molar refractivity (Wildman–Crippen MR) is 130 cm³/mol. The van der Waals surface area contributed by atoms with Gasteiger partial charge in [-0.25, -0.2) is 9.59 Å². The number of esters is 1. The summed E-state index contributed by atoms with van der Waals surface area (Å²) in [4.78, 5) is 38.2. The van der Waals surface area contributed by atoms with Gasteiger partial charge in [-0.3, -0.25) is 4.79 Å². The zero-order valence-corrected chi connectivity index (χ0v) is 19.8. The van der Waals surface area contributed by atoms with Crippen LogP contribution in [-0.4, -0.2) is 34.5 Å². The number of fused-ring (bicyclic) bond motifs is 2. The maximum Gasteiger partial charge on any atom is 0.336 e. The van der Waals surface area contributed by atoms with Gasteiger partial charge >= 0.3 is 11.9 Å². The molecule has 1 aliphatic heterocycles. The number of hydrogen-bond donors (Lipinski definition) is 2. The van der Waals surface area contributed by atoms with Gasteiger partial charge in [-0.15, -0.1) is 0 Å². The summed E-state index contributed by atoms with van der Waals surface area (Å²) in [5.41, 5.74) is 6.95. The number of aryl methyl sites for hydroxylation is 1. The second-order valence-electron chi connectivity index (χ2n) is 8.77. The van der Waals surface area contributed by atoms with E-state index in [2.05, 4.69) is 5.32 Å². The first-order chi connectivity index (χ1) is 16.7. The zero-order chi connectivity index (χ0) is 25.0. The van der Waals surface area contributed by atoms with Crippen LogP contribution in [0.2, 0.25) is 0 Å². The van der Waals surface area contributed by atoms with Crippen molar-refractivity contribution in [3.63, 3.8) is 0 Å². The van der Waals surface area contributed by atoms with Crippen molar-refractivity contribution in [1.29, 1.82) is 0 Å². The number of benzene rings is 2. The van der Waals surface area contributed by atoms with Crippen LogP contribution >= 0.6 is 0 Å². The van der Waals surface area contributed by atoms with Crippen LogP contribution in [0.3, 0.4) is 0 Å². The summed E-state index contributed by atoms with van der Waals surface area (Å²) in [6, 6.07) is 16.0. The quantitative estimate of drug-likeness (QED) is 0.546. The molecule has 2 aliphatic rings. The van der Waals surface area contributed by atoms with E-state index in [1.807, 2.05) is 55.7 Å². The van der Waals surface area contributed by atoms with Gasteiger partial charge in [-0.1, -0.05) is 30.3 Å². The van der Waals surface area contributed by atoms with E-state index < -0.39 is 17.9 Å². The number of carboxylic acids is 1. The lowest BCUT2D eigenvalue weighted by Gasteiger charge is -2.29. The van der Waals surface area contributed by atoms with Crippen molar-refractivity contribution >= 4 is 23.4 Å². The summed E-state index contributed by atoms with van der Waals surface area (Å²) in [6.07, 6.45) is 0. The van der Waals surface area contributed by atoms with Crippen molar-refractivity contribution in [3.8, 4) is 5.69 Å². The van der Waals surface area contributed by atoms with Crippen molar-refractivity contribution in [2.24, 2.45) is 0 Å². The molecule has 5 rings (SSSR count). The molecule has 0 radical (unpaired) electrons. The van der Waals surface area contributed by atoms with E-state index in [-0.39, 0.29) is 11.3 Å². The van der Waals surface area contributed by atoms with Gasteiger partial charge in [0.15, 0.2) is 5.78 Å². The number of Topliss-reactive ketones (excluding diaryl/α,β-unsaturated/α-hetero) is 1. The number of methoxy groups -OCH3 is 1. The maximum atomic E-state index is 13.6. The van der Waals surface area contributed by atoms with Gasteiger partial charge in [-0.2, -0.15) is 0 Å². The van der Waals surface area contributed by atoms with Crippen molar-refractivity contribution in [2.75, 3.05) is 7.11 Å². The number of ketones is 1. The molecule has 1 aliphatic carbocycles. The van der Waals surface area contributed by atoms with Gasteiger partial charge in [0.05, 0.1) is 29.9 Å². The number of carbonyl (C=O) groups excluding carboxylic acids is 2. The molecule has 1 aromatic heterocycles. The Kier molecular flexibility index (Phi) is 5.20. The molecule has 0 saturated carbocycles. The second-order valence-corrected chi connectivity index (χ2v) is 8.77. The number of aromatic nitrogens is 1. The van der Waals surface area contributed by atoms with E-state index in [0.29, 0.717) is 33.8 Å². The van der Waals surface area contributed by atoms with Crippen molar-refractivity contribution in [2.45, 2.75) is 26.7 Å². The number of carbonyl (C=O) groups is 3. The minimum Gasteiger partial charge on any atom is -0.478 e. The molecule has 0 unspecified atom stereocenters. The zero-order valence-electron chi connectivity index (χ0n) is 19.8. The Hall–Kier alpha value is -4.39. The smallest absolute Gasteiger partial charge is 0.336 e. The molecular weight excluding hydrogens is 444 g/mol. The third-order valence-corrected chi connectivity index (χ3v) is 6.79. The first kappa shape index (κ1) is 22.4. The van der Waals surface area contributed by atoms with Crippen LogP contribution in [0.4, 0.5) is 0 Å². The fourth-order valence-electron chi connectivity index (χ4n) is 5.28. The minimum atomic E-state index is -1.01. The van der Waals surface area contributed by atoms with Crippen LogP contribution in [0.25, 0.3) is 11.4 Å². The van der Waals surface area contributed by atoms with Crippen LogP contribution in [-0.2, 0) is 9.53 Å². The lowest BCUT2D eigenvalue weighted by atomic mass is 9.79. The Bertz CT molecular complexity index is 1510. The molecule has 7 heteroatoms. The maximum absolute atomic E-state index is 13.6. The molecule has 7 nitrogen and oxygen atoms in total. The monoisotopic (exact) mass is 468 g/mol. The molecule has 176 valence electrons. The van der Waals surface area contributed by atoms with Crippen LogP contribution in [0, 0.1) is 13.8 Å². The van der Waals surface area contributed by atoms with E-state index in [4.69, 9.17) is 4.74 Å².